The smallest absolute Gasteiger partial charge is 0.291 e. The molecule has 2 amide bonds. The molecule has 10 heteroatoms. The molecule has 0 radical (unpaired) electrons. The van der Waals surface area contributed by atoms with Gasteiger partial charge in [-0.2, -0.15) is 4.31 Å². The number of furan rings is 1. The Kier molecular flexibility index (Phi) is 7.06. The molecule has 8 nitrogen and oxygen atoms in total. The number of sulfonamides is 1. The summed E-state index contributed by atoms with van der Waals surface area (Å²) in [5.41, 5.74) is 0.884. The van der Waals surface area contributed by atoms with E-state index in [1.807, 2.05) is 0 Å². The molecule has 3 aromatic rings. The topological polar surface area (TPSA) is 109 Å². The molecule has 2 aromatic carbocycles. The van der Waals surface area contributed by atoms with Gasteiger partial charge in [0.25, 0.3) is 11.8 Å². The van der Waals surface area contributed by atoms with Gasteiger partial charge in [-0.25, -0.2) is 12.8 Å². The Morgan fingerprint density at radius 1 is 0.938 bits per heavy atom. The van der Waals surface area contributed by atoms with Gasteiger partial charge in [-0.05, 0) is 54.6 Å². The largest absolute Gasteiger partial charge is 0.459 e. The average molecular weight is 459 g/mol. The second kappa shape index (κ2) is 9.75. The summed E-state index contributed by atoms with van der Waals surface area (Å²) in [6.45, 7) is 3.65. The fraction of sp³-hybridized carbons (Fsp3) is 0.182. The highest BCUT2D eigenvalue weighted by molar-refractivity contribution is 7.89. The quantitative estimate of drug-likeness (QED) is 0.530. The maximum Gasteiger partial charge on any atom is 0.291 e. The Hall–Kier alpha value is -3.50. The molecule has 168 valence electrons. The normalized spacial score (nSPS) is 11.4. The molecule has 32 heavy (non-hydrogen) atoms. The summed E-state index contributed by atoms with van der Waals surface area (Å²) in [7, 11) is -4.07. The number of hydrogen-bond acceptors (Lipinski definition) is 5. The average Bonchev–Trinajstić information content (AvgIpc) is 3.31. The minimum absolute atomic E-state index is 0.00710. The monoisotopic (exact) mass is 459 g/mol. The van der Waals surface area contributed by atoms with E-state index >= 15 is 0 Å². The fourth-order valence-corrected chi connectivity index (χ4v) is 4.53. The second-order valence-electron chi connectivity index (χ2n) is 6.70. The second-order valence-corrected chi connectivity index (χ2v) is 8.60. The molecule has 0 spiro atoms. The maximum absolute atomic E-state index is 14.3. The SMILES string of the molecule is CCN(CC)S(=O)(=O)c1cc(C(=O)Nc2ccc(NC(=O)c3ccco3)cc2)ccc1F. The molecule has 0 saturated carbocycles. The maximum atomic E-state index is 14.3. The number of hydrogen-bond donors (Lipinski definition) is 2. The molecule has 1 aromatic heterocycles. The third kappa shape index (κ3) is 5.04. The molecule has 3 rings (SSSR count). The van der Waals surface area contributed by atoms with E-state index in [0.717, 1.165) is 16.4 Å². The number of carbonyl (C=O) groups is 2. The van der Waals surface area contributed by atoms with Gasteiger partial charge >= 0.3 is 0 Å². The lowest BCUT2D eigenvalue weighted by Gasteiger charge is -2.19. The van der Waals surface area contributed by atoms with E-state index in [1.54, 1.807) is 44.2 Å². The van der Waals surface area contributed by atoms with Crippen molar-refractivity contribution in [3.8, 4) is 0 Å². The van der Waals surface area contributed by atoms with Gasteiger partial charge in [0, 0.05) is 30.0 Å². The van der Waals surface area contributed by atoms with E-state index < -0.39 is 32.6 Å². The van der Waals surface area contributed by atoms with E-state index in [0.29, 0.717) is 11.4 Å². The van der Waals surface area contributed by atoms with E-state index in [-0.39, 0.29) is 24.4 Å². The van der Waals surface area contributed by atoms with E-state index in [9.17, 15) is 22.4 Å². The lowest BCUT2D eigenvalue weighted by atomic mass is 10.2. The van der Waals surface area contributed by atoms with Crippen molar-refractivity contribution >= 4 is 33.2 Å². The first-order chi connectivity index (χ1) is 15.3. The predicted octanol–water partition coefficient (Wildman–Crippen LogP) is 3.95. The summed E-state index contributed by atoms with van der Waals surface area (Å²) in [6, 6.07) is 12.6. The number of rotatable bonds is 8. The van der Waals surface area contributed by atoms with E-state index in [2.05, 4.69) is 10.6 Å². The van der Waals surface area contributed by atoms with Crippen LogP contribution in [0.2, 0.25) is 0 Å². The first kappa shape index (κ1) is 23.2. The summed E-state index contributed by atoms with van der Waals surface area (Å²) in [5, 5.41) is 5.27. The number of carbonyl (C=O) groups excluding carboxylic acids is 2. The van der Waals surface area contributed by atoms with Crippen molar-refractivity contribution in [3.05, 3.63) is 78.0 Å². The standard InChI is InChI=1S/C22H22FN3O5S/c1-3-26(4-2)32(29,30)20-14-15(7-12-18(20)23)21(27)24-16-8-10-17(11-9-16)25-22(28)19-6-5-13-31-19/h5-14H,3-4H2,1-2H3,(H,24,27)(H,25,28). The van der Waals surface area contributed by atoms with Gasteiger partial charge in [-0.1, -0.05) is 13.8 Å². The van der Waals surface area contributed by atoms with Crippen LogP contribution in [-0.2, 0) is 10.0 Å². The molecule has 0 fully saturated rings. The van der Waals surface area contributed by atoms with Crippen LogP contribution in [0.3, 0.4) is 0 Å². The molecule has 1 heterocycles. The van der Waals surface area contributed by atoms with Gasteiger partial charge in [-0.15, -0.1) is 0 Å². The van der Waals surface area contributed by atoms with Crippen LogP contribution in [0, 0.1) is 5.82 Å². The third-order valence-electron chi connectivity index (χ3n) is 4.66. The predicted molar refractivity (Wildman–Crippen MR) is 118 cm³/mol. The highest BCUT2D eigenvalue weighted by Gasteiger charge is 2.26. The van der Waals surface area contributed by atoms with Crippen molar-refractivity contribution in [1.82, 2.24) is 4.31 Å². The first-order valence-corrected chi connectivity index (χ1v) is 11.3. The van der Waals surface area contributed by atoms with Crippen molar-refractivity contribution in [2.24, 2.45) is 0 Å². The van der Waals surface area contributed by atoms with Crippen molar-refractivity contribution in [1.29, 1.82) is 0 Å². The highest BCUT2D eigenvalue weighted by atomic mass is 32.2. The molecule has 0 unspecified atom stereocenters. The number of amides is 2. The summed E-state index contributed by atoms with van der Waals surface area (Å²) in [4.78, 5) is 24.1. The summed E-state index contributed by atoms with van der Waals surface area (Å²) in [5.74, 6) is -1.78. The van der Waals surface area contributed by atoms with E-state index in [1.165, 1.54) is 18.4 Å². The van der Waals surface area contributed by atoms with Crippen molar-refractivity contribution in [2.45, 2.75) is 18.7 Å². The fourth-order valence-electron chi connectivity index (χ4n) is 2.99. The summed E-state index contributed by atoms with van der Waals surface area (Å²) in [6.07, 6.45) is 1.39. The van der Waals surface area contributed by atoms with Gasteiger partial charge in [0.2, 0.25) is 10.0 Å². The molecule has 2 N–H and O–H groups in total. The van der Waals surface area contributed by atoms with Gasteiger partial charge in [0.1, 0.15) is 10.7 Å². The Morgan fingerprint density at radius 3 is 2.06 bits per heavy atom. The number of nitrogens with one attached hydrogen (secondary N) is 2. The lowest BCUT2D eigenvalue weighted by molar-refractivity contribution is 0.0994. The Balaban J connectivity index is 1.74. The van der Waals surface area contributed by atoms with Crippen LogP contribution in [0.15, 0.2) is 70.2 Å². The zero-order chi connectivity index (χ0) is 23.3. The molecular weight excluding hydrogens is 437 g/mol. The molecule has 0 atom stereocenters. The van der Waals surface area contributed by atoms with Crippen LogP contribution in [0.4, 0.5) is 15.8 Å². The zero-order valence-corrected chi connectivity index (χ0v) is 18.3. The highest BCUT2D eigenvalue weighted by Crippen LogP contribution is 2.22. The minimum atomic E-state index is -4.07. The summed E-state index contributed by atoms with van der Waals surface area (Å²) < 4.78 is 45.7. The Morgan fingerprint density at radius 2 is 1.53 bits per heavy atom. The molecule has 0 saturated heterocycles. The van der Waals surface area contributed by atoms with Crippen LogP contribution in [0.5, 0.6) is 0 Å². The minimum Gasteiger partial charge on any atom is -0.459 e. The number of halogens is 1. The summed E-state index contributed by atoms with van der Waals surface area (Å²) >= 11 is 0. The van der Waals surface area contributed by atoms with Crippen molar-refractivity contribution in [3.63, 3.8) is 0 Å². The molecule has 0 aliphatic rings. The number of nitrogens with zero attached hydrogens (tertiary/aromatic N) is 1. The number of benzene rings is 2. The zero-order valence-electron chi connectivity index (χ0n) is 17.5. The molecule has 0 bridgehead atoms. The molecule has 0 aliphatic carbocycles. The third-order valence-corrected chi connectivity index (χ3v) is 6.73. The van der Waals surface area contributed by atoms with Crippen LogP contribution in [-0.4, -0.2) is 37.6 Å². The van der Waals surface area contributed by atoms with Crippen LogP contribution in [0.1, 0.15) is 34.8 Å². The van der Waals surface area contributed by atoms with Crippen molar-refractivity contribution < 1.29 is 26.8 Å². The lowest BCUT2D eigenvalue weighted by Crippen LogP contribution is -2.31. The van der Waals surface area contributed by atoms with Gasteiger partial charge in [0.15, 0.2) is 5.76 Å². The molecular formula is C22H22FN3O5S. The van der Waals surface area contributed by atoms with Gasteiger partial charge in [-0.3, -0.25) is 9.59 Å². The van der Waals surface area contributed by atoms with Gasteiger partial charge < -0.3 is 15.1 Å². The Labute approximate surface area is 185 Å². The van der Waals surface area contributed by atoms with Crippen LogP contribution < -0.4 is 10.6 Å². The number of anilines is 2. The van der Waals surface area contributed by atoms with Crippen molar-refractivity contribution in [2.75, 3.05) is 23.7 Å². The van der Waals surface area contributed by atoms with Gasteiger partial charge in [0.05, 0.1) is 6.26 Å². The first-order valence-electron chi connectivity index (χ1n) is 9.82. The van der Waals surface area contributed by atoms with Crippen LogP contribution >= 0.6 is 0 Å². The van der Waals surface area contributed by atoms with Crippen LogP contribution in [0.25, 0.3) is 0 Å². The molecule has 0 aliphatic heterocycles. The van der Waals surface area contributed by atoms with E-state index in [4.69, 9.17) is 4.42 Å². The Bertz CT molecular complexity index is 1200.